The molecule has 17 heavy (non-hydrogen) atoms. The minimum absolute atomic E-state index is 0.0337. The Morgan fingerprint density at radius 3 is 3.06 bits per heavy atom. The van der Waals surface area contributed by atoms with Crippen molar-refractivity contribution in [3.05, 3.63) is 24.2 Å². The van der Waals surface area contributed by atoms with Gasteiger partial charge in [0, 0.05) is 5.71 Å². The standard InChI is InChI=1S/C11H14N4O2/c1-6-8-9(7-4-3-5-17-7)12-10(16)13-11(8,2)15-14-6/h3-5,8-9,15H,1-2H3,(H2,12,13,16)/t8-,9-,11-/m0/s1. The Labute approximate surface area is 98.4 Å². The number of nitrogens with one attached hydrogen (secondary N) is 3. The molecule has 3 rings (SSSR count). The molecule has 0 radical (unpaired) electrons. The van der Waals surface area contributed by atoms with Crippen LogP contribution in [0.2, 0.25) is 0 Å². The van der Waals surface area contributed by atoms with Crippen molar-refractivity contribution in [3.63, 3.8) is 0 Å². The largest absolute Gasteiger partial charge is 0.467 e. The normalized spacial score (nSPS) is 35.4. The molecule has 2 aliphatic rings. The highest BCUT2D eigenvalue weighted by Gasteiger charge is 2.51. The fourth-order valence-corrected chi connectivity index (χ4v) is 2.64. The molecule has 0 unspecified atom stereocenters. The zero-order valence-corrected chi connectivity index (χ0v) is 9.65. The number of fused-ring (bicyclic) bond motifs is 1. The minimum Gasteiger partial charge on any atom is -0.467 e. The second-order valence-electron chi connectivity index (χ2n) is 4.64. The SMILES string of the molecule is CC1=NN[C@]2(C)NC(=O)N[C@@H](c3ccco3)[C@H]12. The first-order chi connectivity index (χ1) is 8.10. The van der Waals surface area contributed by atoms with Gasteiger partial charge in [0.2, 0.25) is 0 Å². The van der Waals surface area contributed by atoms with E-state index < -0.39 is 5.66 Å². The van der Waals surface area contributed by atoms with Gasteiger partial charge in [-0.25, -0.2) is 4.79 Å². The first kappa shape index (κ1) is 10.2. The third kappa shape index (κ3) is 1.40. The lowest BCUT2D eigenvalue weighted by Crippen LogP contribution is -2.67. The molecule has 2 aliphatic heterocycles. The number of hydrogen-bond donors (Lipinski definition) is 3. The van der Waals surface area contributed by atoms with E-state index in [4.69, 9.17) is 4.42 Å². The van der Waals surface area contributed by atoms with E-state index in [0.29, 0.717) is 0 Å². The number of carbonyl (C=O) groups is 1. The van der Waals surface area contributed by atoms with E-state index in [1.54, 1.807) is 6.26 Å². The van der Waals surface area contributed by atoms with Crippen molar-refractivity contribution < 1.29 is 9.21 Å². The third-order valence-electron chi connectivity index (χ3n) is 3.38. The quantitative estimate of drug-likeness (QED) is 0.676. The average molecular weight is 234 g/mol. The Kier molecular flexibility index (Phi) is 1.95. The van der Waals surface area contributed by atoms with E-state index in [-0.39, 0.29) is 18.0 Å². The van der Waals surface area contributed by atoms with Crippen molar-refractivity contribution in [1.29, 1.82) is 0 Å². The van der Waals surface area contributed by atoms with Crippen molar-refractivity contribution in [2.24, 2.45) is 11.0 Å². The number of rotatable bonds is 1. The highest BCUT2D eigenvalue weighted by molar-refractivity contribution is 5.91. The highest BCUT2D eigenvalue weighted by atomic mass is 16.3. The van der Waals surface area contributed by atoms with Crippen LogP contribution in [-0.2, 0) is 0 Å². The van der Waals surface area contributed by atoms with Gasteiger partial charge in [0.05, 0.1) is 12.2 Å². The van der Waals surface area contributed by atoms with Gasteiger partial charge < -0.3 is 15.1 Å². The molecule has 6 heteroatoms. The van der Waals surface area contributed by atoms with Crippen LogP contribution >= 0.6 is 0 Å². The smallest absolute Gasteiger partial charge is 0.317 e. The Bertz CT molecular complexity index is 482. The van der Waals surface area contributed by atoms with Gasteiger partial charge in [-0.05, 0) is 26.0 Å². The molecule has 0 bridgehead atoms. The van der Waals surface area contributed by atoms with E-state index >= 15 is 0 Å². The molecule has 3 heterocycles. The monoisotopic (exact) mass is 234 g/mol. The fraction of sp³-hybridized carbons (Fsp3) is 0.455. The highest BCUT2D eigenvalue weighted by Crippen LogP contribution is 2.36. The van der Waals surface area contributed by atoms with Crippen LogP contribution in [0, 0.1) is 5.92 Å². The van der Waals surface area contributed by atoms with Crippen LogP contribution in [0.25, 0.3) is 0 Å². The number of hydrazone groups is 1. The third-order valence-corrected chi connectivity index (χ3v) is 3.38. The van der Waals surface area contributed by atoms with Gasteiger partial charge in [-0.3, -0.25) is 5.43 Å². The van der Waals surface area contributed by atoms with Gasteiger partial charge in [0.25, 0.3) is 0 Å². The maximum Gasteiger partial charge on any atom is 0.317 e. The lowest BCUT2D eigenvalue weighted by atomic mass is 9.82. The summed E-state index contributed by atoms with van der Waals surface area (Å²) in [5.41, 5.74) is 3.38. The lowest BCUT2D eigenvalue weighted by molar-refractivity contribution is 0.154. The topological polar surface area (TPSA) is 78.7 Å². The van der Waals surface area contributed by atoms with Gasteiger partial charge in [-0.15, -0.1) is 0 Å². The van der Waals surface area contributed by atoms with Crippen LogP contribution in [0.15, 0.2) is 27.9 Å². The van der Waals surface area contributed by atoms with E-state index in [1.165, 1.54) is 0 Å². The van der Waals surface area contributed by atoms with Crippen molar-refractivity contribution in [2.45, 2.75) is 25.6 Å². The summed E-state index contributed by atoms with van der Waals surface area (Å²) in [5.74, 6) is 0.778. The van der Waals surface area contributed by atoms with Crippen LogP contribution in [-0.4, -0.2) is 17.4 Å². The van der Waals surface area contributed by atoms with E-state index in [9.17, 15) is 4.79 Å². The zero-order chi connectivity index (χ0) is 12.0. The lowest BCUT2D eigenvalue weighted by Gasteiger charge is -2.41. The molecular formula is C11H14N4O2. The summed E-state index contributed by atoms with van der Waals surface area (Å²) in [4.78, 5) is 11.7. The number of amides is 2. The van der Waals surface area contributed by atoms with Gasteiger partial charge in [-0.2, -0.15) is 5.10 Å². The van der Waals surface area contributed by atoms with Crippen molar-refractivity contribution >= 4 is 11.7 Å². The summed E-state index contributed by atoms with van der Waals surface area (Å²) >= 11 is 0. The predicted molar refractivity (Wildman–Crippen MR) is 61.3 cm³/mol. The van der Waals surface area contributed by atoms with Crippen LogP contribution in [0.3, 0.4) is 0 Å². The van der Waals surface area contributed by atoms with Gasteiger partial charge in [-0.1, -0.05) is 0 Å². The molecule has 1 aromatic heterocycles. The van der Waals surface area contributed by atoms with Crippen molar-refractivity contribution in [2.75, 3.05) is 0 Å². The maximum absolute atomic E-state index is 11.7. The molecule has 1 saturated heterocycles. The summed E-state index contributed by atoms with van der Waals surface area (Å²) in [6, 6.07) is 3.27. The molecule has 1 aromatic rings. The first-order valence-corrected chi connectivity index (χ1v) is 5.53. The molecule has 0 spiro atoms. The second-order valence-corrected chi connectivity index (χ2v) is 4.64. The van der Waals surface area contributed by atoms with Crippen LogP contribution in [0.5, 0.6) is 0 Å². The van der Waals surface area contributed by atoms with Crippen molar-refractivity contribution in [1.82, 2.24) is 16.1 Å². The number of urea groups is 1. The molecule has 0 aliphatic carbocycles. The molecular weight excluding hydrogens is 220 g/mol. The van der Waals surface area contributed by atoms with Gasteiger partial charge in [0.15, 0.2) is 0 Å². The molecule has 1 fully saturated rings. The number of furan rings is 1. The Balaban J connectivity index is 2.02. The zero-order valence-electron chi connectivity index (χ0n) is 9.65. The fourth-order valence-electron chi connectivity index (χ4n) is 2.64. The Hall–Kier alpha value is -1.98. The molecule has 3 N–H and O–H groups in total. The molecule has 2 amide bonds. The van der Waals surface area contributed by atoms with E-state index in [2.05, 4.69) is 21.2 Å². The molecule has 3 atom stereocenters. The van der Waals surface area contributed by atoms with Gasteiger partial charge in [0.1, 0.15) is 17.5 Å². The Morgan fingerprint density at radius 2 is 2.35 bits per heavy atom. The number of nitrogens with zero attached hydrogens (tertiary/aromatic N) is 1. The molecule has 6 nitrogen and oxygen atoms in total. The van der Waals surface area contributed by atoms with Crippen LogP contribution in [0.1, 0.15) is 25.6 Å². The molecule has 90 valence electrons. The number of hydrogen-bond acceptors (Lipinski definition) is 4. The number of carbonyl (C=O) groups excluding carboxylic acids is 1. The summed E-state index contributed by atoms with van der Waals surface area (Å²) < 4.78 is 5.40. The summed E-state index contributed by atoms with van der Waals surface area (Å²) in [6.45, 7) is 3.87. The van der Waals surface area contributed by atoms with Crippen molar-refractivity contribution in [3.8, 4) is 0 Å². The summed E-state index contributed by atoms with van der Waals surface area (Å²) in [6.07, 6.45) is 1.61. The maximum atomic E-state index is 11.7. The summed E-state index contributed by atoms with van der Waals surface area (Å²) in [5, 5.41) is 9.96. The minimum atomic E-state index is -0.552. The van der Waals surface area contributed by atoms with E-state index in [0.717, 1.165) is 11.5 Å². The van der Waals surface area contributed by atoms with Crippen LogP contribution in [0.4, 0.5) is 4.79 Å². The van der Waals surface area contributed by atoms with Gasteiger partial charge >= 0.3 is 6.03 Å². The molecule has 0 saturated carbocycles. The first-order valence-electron chi connectivity index (χ1n) is 5.53. The summed E-state index contributed by atoms with van der Waals surface area (Å²) in [7, 11) is 0. The second kappa shape index (κ2) is 3.26. The Morgan fingerprint density at radius 1 is 1.53 bits per heavy atom. The van der Waals surface area contributed by atoms with Crippen LogP contribution < -0.4 is 16.1 Å². The molecule has 0 aromatic carbocycles. The van der Waals surface area contributed by atoms with E-state index in [1.807, 2.05) is 26.0 Å². The average Bonchev–Trinajstić information content (AvgIpc) is 2.86. The predicted octanol–water partition coefficient (Wildman–Crippen LogP) is 0.945.